The van der Waals surface area contributed by atoms with E-state index in [1.54, 1.807) is 4.57 Å². The van der Waals surface area contributed by atoms with Gasteiger partial charge in [0.05, 0.1) is 11.4 Å². The number of para-hydroxylation sites is 1. The van der Waals surface area contributed by atoms with Crippen LogP contribution in [0.5, 0.6) is 0 Å². The van der Waals surface area contributed by atoms with Crippen molar-refractivity contribution in [2.24, 2.45) is 0 Å². The van der Waals surface area contributed by atoms with Crippen LogP contribution in [0, 0.1) is 0 Å². The Morgan fingerprint density at radius 2 is 2.00 bits per heavy atom. The zero-order chi connectivity index (χ0) is 19.3. The number of rotatable bonds is 0. The summed E-state index contributed by atoms with van der Waals surface area (Å²) in [5.74, 6) is -0.202. The molecule has 2 aliphatic rings. The quantitative estimate of drug-likeness (QED) is 0.664. The van der Waals surface area contributed by atoms with E-state index in [9.17, 15) is 9.59 Å². The normalized spacial score (nSPS) is 24.0. The number of ether oxygens (including phenoxy) is 1. The molecule has 27 heavy (non-hydrogen) atoms. The molecule has 1 saturated heterocycles. The lowest BCUT2D eigenvalue weighted by Crippen LogP contribution is -2.41. The molecule has 0 radical (unpaired) electrons. The van der Waals surface area contributed by atoms with Gasteiger partial charge in [-0.2, -0.15) is 0 Å². The van der Waals surface area contributed by atoms with Gasteiger partial charge in [0.1, 0.15) is 5.60 Å². The minimum Gasteiger partial charge on any atom is -0.443 e. The Kier molecular flexibility index (Phi) is 4.22. The third kappa shape index (κ3) is 3.00. The number of ketones is 1. The van der Waals surface area contributed by atoms with E-state index >= 15 is 0 Å². The molecule has 0 amide bonds. The van der Waals surface area contributed by atoms with Gasteiger partial charge in [-0.1, -0.05) is 24.3 Å². The van der Waals surface area contributed by atoms with Gasteiger partial charge in [0.2, 0.25) is 0 Å². The minimum atomic E-state index is -0.600. The number of fused-ring (bicyclic) bond motifs is 6. The molecule has 2 bridgehead atoms. The molecule has 5 heteroatoms. The van der Waals surface area contributed by atoms with Crippen LogP contribution in [0.25, 0.3) is 10.9 Å². The van der Waals surface area contributed by atoms with E-state index in [0.29, 0.717) is 13.1 Å². The summed E-state index contributed by atoms with van der Waals surface area (Å²) < 4.78 is 7.36. The molecule has 0 aliphatic carbocycles. The first kappa shape index (κ1) is 18.0. The topological polar surface area (TPSA) is 51.5 Å². The number of aromatic nitrogens is 1. The van der Waals surface area contributed by atoms with Crippen LogP contribution in [0.3, 0.4) is 0 Å². The highest BCUT2D eigenvalue weighted by atomic mass is 16.6. The van der Waals surface area contributed by atoms with Gasteiger partial charge in [-0.05, 0) is 45.7 Å². The predicted molar refractivity (Wildman–Crippen MR) is 105 cm³/mol. The summed E-state index contributed by atoms with van der Waals surface area (Å²) in [5.41, 5.74) is 2.98. The third-order valence-electron chi connectivity index (χ3n) is 5.42. The second-order valence-electron chi connectivity index (χ2n) is 8.41. The van der Waals surface area contributed by atoms with Crippen LogP contribution in [-0.2, 0) is 16.0 Å². The van der Waals surface area contributed by atoms with Crippen LogP contribution in [0.4, 0.5) is 4.79 Å². The van der Waals surface area contributed by atoms with E-state index in [2.05, 4.69) is 4.90 Å². The van der Waals surface area contributed by atoms with Gasteiger partial charge in [0.25, 0.3) is 0 Å². The van der Waals surface area contributed by atoms with Gasteiger partial charge < -0.3 is 4.74 Å². The number of benzene rings is 1. The van der Waals surface area contributed by atoms with Crippen molar-refractivity contribution >= 4 is 22.8 Å². The molecule has 3 heterocycles. The molecule has 1 fully saturated rings. The molecule has 2 aromatic rings. The van der Waals surface area contributed by atoms with E-state index in [1.807, 2.05) is 58.0 Å². The highest BCUT2D eigenvalue weighted by molar-refractivity contribution is 6.04. The Hall–Kier alpha value is -2.40. The molecule has 4 rings (SSSR count). The maximum atomic E-state index is 13.2. The van der Waals surface area contributed by atoms with Gasteiger partial charge in [0, 0.05) is 36.3 Å². The molecule has 1 aromatic heterocycles. The number of hydrogen-bond donors (Lipinski definition) is 0. The molecule has 0 N–H and O–H groups in total. The second-order valence-corrected chi connectivity index (χ2v) is 8.41. The lowest BCUT2D eigenvalue weighted by Gasteiger charge is -2.31. The fourth-order valence-electron chi connectivity index (χ4n) is 4.29. The van der Waals surface area contributed by atoms with Crippen LogP contribution in [0.2, 0.25) is 0 Å². The first-order chi connectivity index (χ1) is 12.8. The van der Waals surface area contributed by atoms with E-state index in [1.165, 1.54) is 0 Å². The summed E-state index contributed by atoms with van der Waals surface area (Å²) in [7, 11) is 0. The molecule has 5 nitrogen and oxygen atoms in total. The second kappa shape index (κ2) is 6.34. The average Bonchev–Trinajstić information content (AvgIpc) is 2.84. The van der Waals surface area contributed by atoms with E-state index in [0.717, 1.165) is 40.7 Å². The van der Waals surface area contributed by atoms with Crippen molar-refractivity contribution in [3.8, 4) is 0 Å². The first-order valence-corrected chi connectivity index (χ1v) is 9.57. The molecule has 2 atom stereocenters. The number of carbonyl (C=O) groups is 2. The smallest absolute Gasteiger partial charge is 0.419 e. The van der Waals surface area contributed by atoms with Crippen molar-refractivity contribution in [3.63, 3.8) is 0 Å². The summed E-state index contributed by atoms with van der Waals surface area (Å²) in [5, 5.41) is 1.04. The molecular weight excluding hydrogens is 340 g/mol. The van der Waals surface area contributed by atoms with Crippen molar-refractivity contribution in [2.75, 3.05) is 19.6 Å². The van der Waals surface area contributed by atoms with Crippen molar-refractivity contribution in [3.05, 3.63) is 47.2 Å². The Morgan fingerprint density at radius 3 is 2.70 bits per heavy atom. The fourth-order valence-corrected chi connectivity index (χ4v) is 4.29. The number of hydrogen-bond acceptors (Lipinski definition) is 4. The molecule has 0 spiro atoms. The van der Waals surface area contributed by atoms with Gasteiger partial charge in [-0.15, -0.1) is 0 Å². The average molecular weight is 366 g/mol. The summed E-state index contributed by atoms with van der Waals surface area (Å²) in [6.45, 7) is 9.73. The van der Waals surface area contributed by atoms with Crippen LogP contribution >= 0.6 is 0 Å². The highest BCUT2D eigenvalue weighted by Gasteiger charge is 2.40. The van der Waals surface area contributed by atoms with Crippen LogP contribution in [-0.4, -0.2) is 46.6 Å². The van der Waals surface area contributed by atoms with Crippen molar-refractivity contribution in [1.29, 1.82) is 0 Å². The summed E-state index contributed by atoms with van der Waals surface area (Å²) >= 11 is 0. The molecule has 142 valence electrons. The van der Waals surface area contributed by atoms with Crippen molar-refractivity contribution in [2.45, 2.75) is 45.6 Å². The summed E-state index contributed by atoms with van der Waals surface area (Å²) in [4.78, 5) is 28.6. The number of carbonyl (C=O) groups excluding carboxylic acids is 2. The zero-order valence-corrected chi connectivity index (χ0v) is 16.4. The van der Waals surface area contributed by atoms with Crippen LogP contribution in [0.15, 0.2) is 35.9 Å². The Balaban J connectivity index is 1.96. The standard InChI is InChI=1S/C22H26N2O3/c1-5-14-12-23-11-10-16-15-8-6-7-9-18(15)24(21(26)27-22(2,3)4)19(16)17(13-23)20(14)25/h5-9,17H,10-13H2,1-4H3/b14-5+. The largest absolute Gasteiger partial charge is 0.443 e. The van der Waals surface area contributed by atoms with E-state index in [-0.39, 0.29) is 11.7 Å². The Bertz CT molecular complexity index is 962. The fraction of sp³-hybridized carbons (Fsp3) is 0.455. The van der Waals surface area contributed by atoms with E-state index < -0.39 is 11.7 Å². The Morgan fingerprint density at radius 1 is 1.26 bits per heavy atom. The van der Waals surface area contributed by atoms with Crippen LogP contribution < -0.4 is 0 Å². The lowest BCUT2D eigenvalue weighted by molar-refractivity contribution is -0.119. The maximum absolute atomic E-state index is 13.2. The first-order valence-electron chi connectivity index (χ1n) is 9.57. The van der Waals surface area contributed by atoms with Crippen molar-refractivity contribution in [1.82, 2.24) is 9.47 Å². The summed E-state index contributed by atoms with van der Waals surface area (Å²) in [6.07, 6.45) is 2.33. The van der Waals surface area contributed by atoms with Gasteiger partial charge >= 0.3 is 6.09 Å². The van der Waals surface area contributed by atoms with Crippen molar-refractivity contribution < 1.29 is 14.3 Å². The molecule has 0 saturated carbocycles. The molecule has 1 aromatic carbocycles. The van der Waals surface area contributed by atoms with Crippen LogP contribution in [0.1, 0.15) is 44.9 Å². The predicted octanol–water partition coefficient (Wildman–Crippen LogP) is 3.90. The molecule has 2 aliphatic heterocycles. The summed E-state index contributed by atoms with van der Waals surface area (Å²) in [6, 6.07) is 7.89. The highest BCUT2D eigenvalue weighted by Crippen LogP contribution is 2.38. The third-order valence-corrected chi connectivity index (χ3v) is 5.42. The number of piperidine rings is 1. The Labute approximate surface area is 159 Å². The van der Waals surface area contributed by atoms with E-state index in [4.69, 9.17) is 4.74 Å². The lowest BCUT2D eigenvalue weighted by atomic mass is 9.88. The maximum Gasteiger partial charge on any atom is 0.419 e. The monoisotopic (exact) mass is 366 g/mol. The number of Topliss-reactive ketones (excluding diaryl/α,β-unsaturated/α-hetero) is 1. The minimum absolute atomic E-state index is 0.129. The van der Waals surface area contributed by atoms with Gasteiger partial charge in [0.15, 0.2) is 5.78 Å². The number of allylic oxidation sites excluding steroid dienone is 1. The number of nitrogens with zero attached hydrogens (tertiary/aromatic N) is 2. The molecule has 2 unspecified atom stereocenters. The zero-order valence-electron chi connectivity index (χ0n) is 16.4. The van der Waals surface area contributed by atoms with Gasteiger partial charge in [-0.3, -0.25) is 9.69 Å². The van der Waals surface area contributed by atoms with Gasteiger partial charge in [-0.25, -0.2) is 9.36 Å². The molecular formula is C22H26N2O3. The SMILES string of the molecule is C/C=C1\CN2CCc3c(n(C(=O)OC(C)(C)C)c4ccccc34)C(C2)C1=O.